The van der Waals surface area contributed by atoms with Crippen molar-refractivity contribution >= 4 is 5.95 Å². The van der Waals surface area contributed by atoms with E-state index in [-0.39, 0.29) is 0 Å². The monoisotopic (exact) mass is 272 g/mol. The van der Waals surface area contributed by atoms with Crippen LogP contribution in [-0.4, -0.2) is 65.2 Å². The predicted molar refractivity (Wildman–Crippen MR) is 67.5 cm³/mol. The Morgan fingerprint density at radius 2 is 2.00 bits per heavy atom. The van der Waals surface area contributed by atoms with Crippen LogP contribution in [0.2, 0.25) is 0 Å². The van der Waals surface area contributed by atoms with E-state index in [1.165, 1.54) is 0 Å². The van der Waals surface area contributed by atoms with Crippen LogP contribution in [-0.2, 0) is 0 Å². The van der Waals surface area contributed by atoms with Crippen molar-refractivity contribution in [2.45, 2.75) is 12.8 Å². The maximum absolute atomic E-state index is 13.1. The minimum atomic E-state index is -3.03. The summed E-state index contributed by atoms with van der Waals surface area (Å²) in [6.07, 6.45) is 1.70. The molecule has 0 bridgehead atoms. The highest BCUT2D eigenvalue weighted by Crippen LogP contribution is 2.17. The molecule has 0 amide bonds. The summed E-state index contributed by atoms with van der Waals surface area (Å²) in [5, 5.41) is 8.58. The van der Waals surface area contributed by atoms with E-state index in [0.717, 1.165) is 5.69 Å². The van der Waals surface area contributed by atoms with Crippen molar-refractivity contribution in [3.05, 3.63) is 18.0 Å². The highest BCUT2D eigenvalue weighted by atomic mass is 19.3. The maximum atomic E-state index is 13.1. The summed E-state index contributed by atoms with van der Waals surface area (Å²) in [6.45, 7) is 2.67. The van der Waals surface area contributed by atoms with Gasteiger partial charge in [0, 0.05) is 38.1 Å². The third-order valence-corrected chi connectivity index (χ3v) is 3.12. The molecular formula is C12H18F2N4O. The van der Waals surface area contributed by atoms with E-state index in [1.54, 1.807) is 11.1 Å². The van der Waals surface area contributed by atoms with Gasteiger partial charge in [-0.25, -0.2) is 18.7 Å². The fraction of sp³-hybridized carbons (Fsp3) is 0.667. The largest absolute Gasteiger partial charge is 0.390 e. The van der Waals surface area contributed by atoms with Gasteiger partial charge in [-0.2, -0.15) is 0 Å². The second kappa shape index (κ2) is 5.75. The van der Waals surface area contributed by atoms with Crippen LogP contribution >= 0.6 is 0 Å². The molecule has 7 heteroatoms. The summed E-state index contributed by atoms with van der Waals surface area (Å²) in [5.41, 5.74) is 0.888. The minimum Gasteiger partial charge on any atom is -0.390 e. The number of hydrogen-bond acceptors (Lipinski definition) is 5. The first-order valence-corrected chi connectivity index (χ1v) is 6.26. The molecule has 0 aliphatic carbocycles. The van der Waals surface area contributed by atoms with Crippen molar-refractivity contribution < 1.29 is 13.9 Å². The standard InChI is InChI=1S/C12H18F2N4O/c1-10-2-3-15-11(16-10)18-6-4-17(5-7-18)8-12(13,14)9-19/h2-3,19H,4-9H2,1H3. The molecule has 0 spiro atoms. The van der Waals surface area contributed by atoms with Crippen LogP contribution in [0.1, 0.15) is 5.69 Å². The molecular weight excluding hydrogens is 254 g/mol. The molecule has 0 saturated carbocycles. The molecule has 5 nitrogen and oxygen atoms in total. The maximum Gasteiger partial charge on any atom is 0.283 e. The Bertz CT molecular complexity index is 422. The van der Waals surface area contributed by atoms with Gasteiger partial charge in [0.25, 0.3) is 5.92 Å². The molecule has 0 aromatic carbocycles. The Balaban J connectivity index is 1.89. The third-order valence-electron chi connectivity index (χ3n) is 3.12. The first kappa shape index (κ1) is 14.1. The molecule has 1 N–H and O–H groups in total. The average molecular weight is 272 g/mol. The fourth-order valence-corrected chi connectivity index (χ4v) is 2.07. The Morgan fingerprint density at radius 3 is 2.58 bits per heavy atom. The van der Waals surface area contributed by atoms with Crippen molar-refractivity contribution in [1.82, 2.24) is 14.9 Å². The summed E-state index contributed by atoms with van der Waals surface area (Å²) in [4.78, 5) is 12.1. The lowest BCUT2D eigenvalue weighted by molar-refractivity contribution is -0.0733. The molecule has 19 heavy (non-hydrogen) atoms. The molecule has 0 atom stereocenters. The van der Waals surface area contributed by atoms with E-state index in [9.17, 15) is 8.78 Å². The van der Waals surface area contributed by atoms with Crippen molar-refractivity contribution in [1.29, 1.82) is 0 Å². The Kier molecular flexibility index (Phi) is 4.26. The van der Waals surface area contributed by atoms with E-state index in [4.69, 9.17) is 5.11 Å². The molecule has 1 aliphatic rings. The van der Waals surface area contributed by atoms with Crippen LogP contribution in [0.15, 0.2) is 12.3 Å². The summed E-state index contributed by atoms with van der Waals surface area (Å²) < 4.78 is 26.2. The second-order valence-electron chi connectivity index (χ2n) is 4.78. The molecule has 2 heterocycles. The van der Waals surface area contributed by atoms with Crippen molar-refractivity contribution in [2.24, 2.45) is 0 Å². The van der Waals surface area contributed by atoms with Crippen molar-refractivity contribution in [3.8, 4) is 0 Å². The number of aliphatic hydroxyl groups is 1. The van der Waals surface area contributed by atoms with Gasteiger partial charge in [-0.1, -0.05) is 0 Å². The van der Waals surface area contributed by atoms with Crippen LogP contribution in [0.25, 0.3) is 0 Å². The van der Waals surface area contributed by atoms with E-state index >= 15 is 0 Å². The summed E-state index contributed by atoms with van der Waals surface area (Å²) in [7, 11) is 0. The van der Waals surface area contributed by atoms with Gasteiger partial charge in [0.15, 0.2) is 0 Å². The van der Waals surface area contributed by atoms with Crippen molar-refractivity contribution in [3.63, 3.8) is 0 Å². The SMILES string of the molecule is Cc1ccnc(N2CCN(CC(F)(F)CO)CC2)n1. The number of alkyl halides is 2. The Morgan fingerprint density at radius 1 is 1.32 bits per heavy atom. The lowest BCUT2D eigenvalue weighted by Gasteiger charge is -2.36. The third kappa shape index (κ3) is 3.81. The Labute approximate surface area is 110 Å². The fourth-order valence-electron chi connectivity index (χ4n) is 2.07. The van der Waals surface area contributed by atoms with E-state index < -0.39 is 19.1 Å². The highest BCUT2D eigenvalue weighted by Gasteiger charge is 2.32. The number of aromatic nitrogens is 2. The molecule has 106 valence electrons. The number of anilines is 1. The summed E-state index contributed by atoms with van der Waals surface area (Å²) in [6, 6.07) is 1.82. The van der Waals surface area contributed by atoms with Gasteiger partial charge in [-0.05, 0) is 13.0 Å². The molecule has 1 aromatic rings. The van der Waals surface area contributed by atoms with Crippen LogP contribution in [0.4, 0.5) is 14.7 Å². The van der Waals surface area contributed by atoms with Gasteiger partial charge in [0.1, 0.15) is 6.61 Å². The van der Waals surface area contributed by atoms with Crippen LogP contribution < -0.4 is 4.90 Å². The normalized spacial score (nSPS) is 17.8. The van der Waals surface area contributed by atoms with Crippen LogP contribution in [0, 0.1) is 6.92 Å². The highest BCUT2D eigenvalue weighted by molar-refractivity contribution is 5.30. The van der Waals surface area contributed by atoms with Gasteiger partial charge in [0.05, 0.1) is 6.54 Å². The number of halogens is 2. The molecule has 1 aromatic heterocycles. The number of rotatable bonds is 4. The first-order chi connectivity index (χ1) is 9.00. The van der Waals surface area contributed by atoms with E-state index in [0.29, 0.717) is 32.1 Å². The number of aliphatic hydroxyl groups excluding tert-OH is 1. The van der Waals surface area contributed by atoms with Gasteiger partial charge >= 0.3 is 0 Å². The Hall–Kier alpha value is -1.34. The minimum absolute atomic E-state index is 0.397. The summed E-state index contributed by atoms with van der Waals surface area (Å²) >= 11 is 0. The number of aryl methyl sites for hydroxylation is 1. The van der Waals surface area contributed by atoms with E-state index in [2.05, 4.69) is 9.97 Å². The average Bonchev–Trinajstić information content (AvgIpc) is 2.39. The molecule has 1 fully saturated rings. The quantitative estimate of drug-likeness (QED) is 0.867. The number of nitrogens with zero attached hydrogens (tertiary/aromatic N) is 4. The zero-order valence-electron chi connectivity index (χ0n) is 10.9. The second-order valence-corrected chi connectivity index (χ2v) is 4.78. The number of piperazine rings is 1. The molecule has 0 radical (unpaired) electrons. The number of hydrogen-bond donors (Lipinski definition) is 1. The molecule has 0 unspecified atom stereocenters. The zero-order chi connectivity index (χ0) is 13.9. The smallest absolute Gasteiger partial charge is 0.283 e. The predicted octanol–water partition coefficient (Wildman–Crippen LogP) is 0.535. The first-order valence-electron chi connectivity index (χ1n) is 6.26. The molecule has 1 aliphatic heterocycles. The lowest BCUT2D eigenvalue weighted by Crippen LogP contribution is -2.51. The topological polar surface area (TPSA) is 52.5 Å². The van der Waals surface area contributed by atoms with Crippen molar-refractivity contribution in [2.75, 3.05) is 44.2 Å². The van der Waals surface area contributed by atoms with Crippen LogP contribution in [0.5, 0.6) is 0 Å². The van der Waals surface area contributed by atoms with E-state index in [1.807, 2.05) is 17.9 Å². The molecule has 1 saturated heterocycles. The van der Waals surface area contributed by atoms with Crippen LogP contribution in [0.3, 0.4) is 0 Å². The summed E-state index contributed by atoms with van der Waals surface area (Å²) in [5.74, 6) is -2.38. The van der Waals surface area contributed by atoms with Gasteiger partial charge in [-0.3, -0.25) is 4.90 Å². The van der Waals surface area contributed by atoms with Gasteiger partial charge in [0.2, 0.25) is 5.95 Å². The van der Waals surface area contributed by atoms with Gasteiger partial charge < -0.3 is 10.0 Å². The molecule has 2 rings (SSSR count). The zero-order valence-corrected chi connectivity index (χ0v) is 10.9. The lowest BCUT2D eigenvalue weighted by atomic mass is 10.2. The van der Waals surface area contributed by atoms with Gasteiger partial charge in [-0.15, -0.1) is 0 Å².